The van der Waals surface area contributed by atoms with Gasteiger partial charge in [-0.25, -0.2) is 0 Å². The predicted octanol–water partition coefficient (Wildman–Crippen LogP) is 3.25. The van der Waals surface area contributed by atoms with Crippen LogP contribution in [0.15, 0.2) is 48.5 Å². The maximum Gasteiger partial charge on any atom is 0.250 e. The van der Waals surface area contributed by atoms with Crippen LogP contribution >= 0.6 is 0 Å². The summed E-state index contributed by atoms with van der Waals surface area (Å²) in [6.45, 7) is 4.14. The molecule has 1 N–H and O–H groups in total. The molecule has 2 aromatic rings. The Morgan fingerprint density at radius 1 is 1.03 bits per heavy atom. The fraction of sp³-hybridized carbons (Fsp3) is 0.462. The van der Waals surface area contributed by atoms with Crippen molar-refractivity contribution in [3.05, 3.63) is 54.1 Å². The standard InChI is InChI=1S/C26H32N4O3/c1-28(18-20-8-2-4-10-22(20)29-14-16-33-17-15-29)19-24(31)30-23-11-5-3-9-21(23)27-25(32)26(30)12-6-7-13-26/h2-5,8-11H,6-7,12-19H2,1H3,(H,27,32). The molecule has 2 amide bonds. The second-order valence-corrected chi connectivity index (χ2v) is 9.34. The molecule has 33 heavy (non-hydrogen) atoms. The van der Waals surface area contributed by atoms with Crippen molar-refractivity contribution in [3.8, 4) is 0 Å². The molecule has 1 aliphatic carbocycles. The van der Waals surface area contributed by atoms with Crippen LogP contribution in [0.2, 0.25) is 0 Å². The Kier molecular flexibility index (Phi) is 6.08. The van der Waals surface area contributed by atoms with Gasteiger partial charge in [-0.3, -0.25) is 19.4 Å². The van der Waals surface area contributed by atoms with E-state index in [2.05, 4.69) is 33.3 Å². The van der Waals surface area contributed by atoms with Crippen LogP contribution in [-0.2, 0) is 20.9 Å². The maximum absolute atomic E-state index is 13.7. The molecule has 7 heteroatoms. The number of carbonyl (C=O) groups excluding carboxylic acids is 2. The maximum atomic E-state index is 13.7. The first-order chi connectivity index (χ1) is 16.1. The number of hydrogen-bond acceptors (Lipinski definition) is 5. The van der Waals surface area contributed by atoms with Crippen LogP contribution in [0.25, 0.3) is 0 Å². The number of benzene rings is 2. The fourth-order valence-corrected chi connectivity index (χ4v) is 5.53. The summed E-state index contributed by atoms with van der Waals surface area (Å²) in [5, 5.41) is 3.05. The zero-order valence-electron chi connectivity index (χ0n) is 19.3. The Morgan fingerprint density at radius 2 is 1.70 bits per heavy atom. The van der Waals surface area contributed by atoms with Crippen molar-refractivity contribution < 1.29 is 14.3 Å². The highest BCUT2D eigenvalue weighted by molar-refractivity contribution is 6.15. The summed E-state index contributed by atoms with van der Waals surface area (Å²) in [6.07, 6.45) is 3.34. The monoisotopic (exact) mass is 448 g/mol. The average molecular weight is 449 g/mol. The van der Waals surface area contributed by atoms with Crippen molar-refractivity contribution in [1.82, 2.24) is 4.90 Å². The number of morpholine rings is 1. The molecule has 0 radical (unpaired) electrons. The molecule has 3 aliphatic rings. The van der Waals surface area contributed by atoms with Crippen LogP contribution in [0.3, 0.4) is 0 Å². The summed E-state index contributed by atoms with van der Waals surface area (Å²) >= 11 is 0. The van der Waals surface area contributed by atoms with Crippen LogP contribution in [0.4, 0.5) is 17.1 Å². The quantitative estimate of drug-likeness (QED) is 0.761. The number of hydrogen-bond donors (Lipinski definition) is 1. The molecule has 0 bridgehead atoms. The van der Waals surface area contributed by atoms with Crippen molar-refractivity contribution in [2.24, 2.45) is 0 Å². The van der Waals surface area contributed by atoms with Gasteiger partial charge in [0.25, 0.3) is 5.91 Å². The predicted molar refractivity (Wildman–Crippen MR) is 130 cm³/mol. The van der Waals surface area contributed by atoms with Gasteiger partial charge in [-0.05, 0) is 43.7 Å². The van der Waals surface area contributed by atoms with E-state index in [-0.39, 0.29) is 18.4 Å². The SMILES string of the molecule is CN(CC(=O)N1c2ccccc2NC(=O)C12CCCC2)Cc1ccccc1N1CCOCC1. The molecule has 0 unspecified atom stereocenters. The molecule has 2 heterocycles. The first-order valence-corrected chi connectivity index (χ1v) is 11.9. The molecule has 1 saturated heterocycles. The minimum Gasteiger partial charge on any atom is -0.378 e. The Labute approximate surface area is 195 Å². The van der Waals surface area contributed by atoms with Gasteiger partial charge < -0.3 is 15.0 Å². The normalized spacial score (nSPS) is 19.6. The van der Waals surface area contributed by atoms with Gasteiger partial charge in [0.2, 0.25) is 5.91 Å². The van der Waals surface area contributed by atoms with Gasteiger partial charge in [-0.2, -0.15) is 0 Å². The van der Waals surface area contributed by atoms with Gasteiger partial charge in [-0.1, -0.05) is 43.2 Å². The molecule has 2 aliphatic heterocycles. The van der Waals surface area contributed by atoms with Crippen LogP contribution in [0.5, 0.6) is 0 Å². The topological polar surface area (TPSA) is 65.1 Å². The minimum absolute atomic E-state index is 0.0226. The molecule has 2 fully saturated rings. The highest BCUT2D eigenvalue weighted by Gasteiger charge is 2.52. The first-order valence-electron chi connectivity index (χ1n) is 11.9. The summed E-state index contributed by atoms with van der Waals surface area (Å²) in [5.41, 5.74) is 3.16. The molecule has 1 saturated carbocycles. The van der Waals surface area contributed by atoms with Gasteiger partial charge in [0.05, 0.1) is 31.1 Å². The summed E-state index contributed by atoms with van der Waals surface area (Å²) < 4.78 is 5.51. The molecule has 174 valence electrons. The van der Waals surface area contributed by atoms with Crippen molar-refractivity contribution >= 4 is 28.9 Å². The van der Waals surface area contributed by atoms with E-state index in [1.807, 2.05) is 37.4 Å². The third-order valence-corrected chi connectivity index (χ3v) is 7.11. The van der Waals surface area contributed by atoms with Crippen molar-refractivity contribution in [1.29, 1.82) is 0 Å². The number of amides is 2. The number of fused-ring (bicyclic) bond motifs is 1. The van der Waals surface area contributed by atoms with E-state index in [0.717, 1.165) is 44.8 Å². The molecule has 0 atom stereocenters. The lowest BCUT2D eigenvalue weighted by Gasteiger charge is -2.44. The zero-order chi connectivity index (χ0) is 22.8. The van der Waals surface area contributed by atoms with Crippen LogP contribution in [-0.4, -0.2) is 62.1 Å². The van der Waals surface area contributed by atoms with E-state index < -0.39 is 5.54 Å². The van der Waals surface area contributed by atoms with Crippen molar-refractivity contribution in [2.45, 2.75) is 37.8 Å². The second-order valence-electron chi connectivity index (χ2n) is 9.34. The molecular weight excluding hydrogens is 416 g/mol. The Morgan fingerprint density at radius 3 is 2.45 bits per heavy atom. The fourth-order valence-electron chi connectivity index (χ4n) is 5.53. The van der Waals surface area contributed by atoms with Gasteiger partial charge in [-0.15, -0.1) is 0 Å². The smallest absolute Gasteiger partial charge is 0.250 e. The lowest BCUT2D eigenvalue weighted by atomic mass is 9.89. The van der Waals surface area contributed by atoms with E-state index in [0.29, 0.717) is 25.1 Å². The summed E-state index contributed by atoms with van der Waals surface area (Å²) in [4.78, 5) is 33.1. The highest BCUT2D eigenvalue weighted by Crippen LogP contribution is 2.45. The molecule has 0 aromatic heterocycles. The average Bonchev–Trinajstić information content (AvgIpc) is 3.31. The number of ether oxygens (including phenoxy) is 1. The van der Waals surface area contributed by atoms with Crippen molar-refractivity contribution in [2.75, 3.05) is 55.0 Å². The largest absolute Gasteiger partial charge is 0.378 e. The first kappa shape index (κ1) is 21.9. The third-order valence-electron chi connectivity index (χ3n) is 7.11. The van der Waals surface area contributed by atoms with Crippen LogP contribution < -0.4 is 15.1 Å². The summed E-state index contributed by atoms with van der Waals surface area (Å²) in [5.74, 6) is -0.0714. The van der Waals surface area contributed by atoms with E-state index >= 15 is 0 Å². The van der Waals surface area contributed by atoms with E-state index in [1.54, 1.807) is 4.90 Å². The Balaban J connectivity index is 1.37. The lowest BCUT2D eigenvalue weighted by Crippen LogP contribution is -2.62. The summed E-state index contributed by atoms with van der Waals surface area (Å²) in [7, 11) is 1.98. The number of rotatable bonds is 5. The molecule has 1 spiro atoms. The van der Waals surface area contributed by atoms with E-state index in [1.165, 1.54) is 11.3 Å². The minimum atomic E-state index is -0.766. The van der Waals surface area contributed by atoms with E-state index in [4.69, 9.17) is 4.74 Å². The number of para-hydroxylation sites is 3. The Hall–Kier alpha value is -2.90. The molecule has 7 nitrogen and oxygen atoms in total. The van der Waals surface area contributed by atoms with Gasteiger partial charge in [0, 0.05) is 25.3 Å². The van der Waals surface area contributed by atoms with Gasteiger partial charge >= 0.3 is 0 Å². The lowest BCUT2D eigenvalue weighted by molar-refractivity contribution is -0.127. The molecular formula is C26H32N4O3. The number of nitrogens with zero attached hydrogens (tertiary/aromatic N) is 3. The van der Waals surface area contributed by atoms with Crippen LogP contribution in [0.1, 0.15) is 31.2 Å². The summed E-state index contributed by atoms with van der Waals surface area (Å²) in [6, 6.07) is 16.0. The number of carbonyl (C=O) groups is 2. The van der Waals surface area contributed by atoms with Crippen LogP contribution in [0, 0.1) is 0 Å². The highest BCUT2D eigenvalue weighted by atomic mass is 16.5. The molecule has 2 aromatic carbocycles. The molecule has 5 rings (SSSR count). The number of anilines is 3. The number of nitrogens with one attached hydrogen (secondary N) is 1. The zero-order valence-corrected chi connectivity index (χ0v) is 19.3. The number of likely N-dealkylation sites (N-methyl/N-ethyl adjacent to an activating group) is 1. The van der Waals surface area contributed by atoms with Crippen molar-refractivity contribution in [3.63, 3.8) is 0 Å². The third kappa shape index (κ3) is 4.11. The van der Waals surface area contributed by atoms with Gasteiger partial charge in [0.1, 0.15) is 5.54 Å². The Bertz CT molecular complexity index is 1030. The van der Waals surface area contributed by atoms with E-state index in [9.17, 15) is 9.59 Å². The van der Waals surface area contributed by atoms with Gasteiger partial charge in [0.15, 0.2) is 0 Å². The second kappa shape index (κ2) is 9.15.